The van der Waals surface area contributed by atoms with Crippen molar-refractivity contribution in [2.45, 2.75) is 25.7 Å². The van der Waals surface area contributed by atoms with Crippen LogP contribution in [0.15, 0.2) is 121 Å². The predicted molar refractivity (Wildman–Crippen MR) is 194 cm³/mol. The highest BCUT2D eigenvalue weighted by Crippen LogP contribution is 2.42. The summed E-state index contributed by atoms with van der Waals surface area (Å²) < 4.78 is 0. The van der Waals surface area contributed by atoms with Gasteiger partial charge in [0.05, 0.1) is 0 Å². The monoisotopic (exact) mass is 624 g/mol. The zero-order chi connectivity index (χ0) is 32.5. The zero-order valence-electron chi connectivity index (χ0n) is 26.2. The number of benzene rings is 8. The second-order valence-corrected chi connectivity index (χ2v) is 13.1. The molecule has 8 aromatic rings. The normalized spacial score (nSPS) is 13.0. The molecule has 0 aromatic heterocycles. The molecule has 0 atom stereocenters. The summed E-state index contributed by atoms with van der Waals surface area (Å²) in [5.41, 5.74) is 7.15. The second kappa shape index (κ2) is 10.8. The van der Waals surface area contributed by atoms with E-state index in [-0.39, 0.29) is 23.0 Å². The Hall–Kier alpha value is -6.00. The summed E-state index contributed by atoms with van der Waals surface area (Å²) >= 11 is 0. The Balaban J connectivity index is 1.39. The van der Waals surface area contributed by atoms with Crippen LogP contribution in [0.5, 0.6) is 23.0 Å². The van der Waals surface area contributed by atoms with Gasteiger partial charge < -0.3 is 20.4 Å². The Bertz CT molecular complexity index is 2610. The average Bonchev–Trinajstić information content (AvgIpc) is 3.12. The van der Waals surface area contributed by atoms with Gasteiger partial charge in [-0.3, -0.25) is 0 Å². The molecular formula is C44H32O4. The van der Waals surface area contributed by atoms with Crippen LogP contribution < -0.4 is 0 Å². The van der Waals surface area contributed by atoms with E-state index < -0.39 is 0 Å². The van der Waals surface area contributed by atoms with Crippen molar-refractivity contribution in [3.05, 3.63) is 166 Å². The van der Waals surface area contributed by atoms with E-state index in [0.717, 1.165) is 82.0 Å². The minimum Gasteiger partial charge on any atom is -0.507 e. The first-order valence-corrected chi connectivity index (χ1v) is 16.3. The summed E-state index contributed by atoms with van der Waals surface area (Å²) in [5.74, 6) is 0.897. The molecular weight excluding hydrogens is 592 g/mol. The van der Waals surface area contributed by atoms with Crippen molar-refractivity contribution in [2.75, 3.05) is 0 Å². The van der Waals surface area contributed by atoms with Crippen LogP contribution >= 0.6 is 0 Å². The highest BCUT2D eigenvalue weighted by molar-refractivity contribution is 5.97. The fourth-order valence-electron chi connectivity index (χ4n) is 7.94. The van der Waals surface area contributed by atoms with Crippen LogP contribution in [0.3, 0.4) is 0 Å². The van der Waals surface area contributed by atoms with Crippen molar-refractivity contribution >= 4 is 43.1 Å². The van der Waals surface area contributed by atoms with Crippen molar-refractivity contribution in [3.8, 4) is 23.0 Å². The van der Waals surface area contributed by atoms with Crippen molar-refractivity contribution < 1.29 is 20.4 Å². The van der Waals surface area contributed by atoms with Gasteiger partial charge in [0, 0.05) is 40.8 Å². The third-order valence-corrected chi connectivity index (χ3v) is 10.2. The molecule has 0 fully saturated rings. The third kappa shape index (κ3) is 4.37. The Labute approximate surface area is 277 Å². The summed E-state index contributed by atoms with van der Waals surface area (Å²) in [6.45, 7) is 0. The lowest BCUT2D eigenvalue weighted by Gasteiger charge is -2.20. The van der Waals surface area contributed by atoms with Crippen LogP contribution in [0, 0.1) is 0 Å². The third-order valence-electron chi connectivity index (χ3n) is 10.2. The van der Waals surface area contributed by atoms with Gasteiger partial charge in [0.25, 0.3) is 0 Å². The van der Waals surface area contributed by atoms with E-state index in [0.29, 0.717) is 31.2 Å². The number of phenolic OH excluding ortho intramolecular Hbond substituents is 4. The maximum absolute atomic E-state index is 11.7. The fraction of sp³-hybridized carbons (Fsp3) is 0.0909. The topological polar surface area (TPSA) is 80.9 Å². The molecule has 0 saturated heterocycles. The summed E-state index contributed by atoms with van der Waals surface area (Å²) in [5, 5.41) is 53.6. The molecule has 4 heteroatoms. The van der Waals surface area contributed by atoms with E-state index >= 15 is 0 Å². The highest BCUT2D eigenvalue weighted by atomic mass is 16.3. The molecule has 0 radical (unpaired) electrons. The first-order valence-electron chi connectivity index (χ1n) is 16.3. The molecule has 0 amide bonds. The van der Waals surface area contributed by atoms with E-state index in [9.17, 15) is 20.4 Å². The largest absolute Gasteiger partial charge is 0.507 e. The standard InChI is InChI=1S/C44H32O4/c45-41-29-18-25(33-9-1-5-13-37(33)41)17-26-19-31(43(47)38-14-6-2-10-34(26)38)24-32-23-28(36-12-4-8-16-40(36)44(32)48)22-30-21-27(20-29)35-11-3-7-15-39(35)42(30)46/h1-16,18-19,21,23,45-48H,17,20,22,24H2. The van der Waals surface area contributed by atoms with Crippen LogP contribution in [0.2, 0.25) is 0 Å². The lowest BCUT2D eigenvalue weighted by molar-refractivity contribution is 0.469. The average molecular weight is 625 g/mol. The maximum Gasteiger partial charge on any atom is 0.126 e. The lowest BCUT2D eigenvalue weighted by Crippen LogP contribution is -2.02. The molecule has 4 nitrogen and oxygen atoms in total. The van der Waals surface area contributed by atoms with Gasteiger partial charge >= 0.3 is 0 Å². The summed E-state index contributed by atoms with van der Waals surface area (Å²) in [7, 11) is 0. The van der Waals surface area contributed by atoms with Gasteiger partial charge in [0.15, 0.2) is 0 Å². The Morgan fingerprint density at radius 1 is 0.250 bits per heavy atom. The first-order chi connectivity index (χ1) is 23.4. The first kappa shape index (κ1) is 28.2. The number of aromatic hydroxyl groups is 4. The zero-order valence-corrected chi connectivity index (χ0v) is 26.2. The SMILES string of the molecule is Oc1c2cc(c3ccccc13)Cc1cc(c3ccccc3c1O)Cc1cc(c3ccccc3c1O)Cc1cc(c(O)c3ccccc13)C2. The Morgan fingerprint density at radius 2 is 0.438 bits per heavy atom. The molecule has 4 N–H and O–H groups in total. The molecule has 232 valence electrons. The van der Waals surface area contributed by atoms with E-state index in [1.165, 1.54) is 0 Å². The van der Waals surface area contributed by atoms with Gasteiger partial charge in [-0.05, 0) is 72.5 Å². The van der Waals surface area contributed by atoms with Gasteiger partial charge in [-0.15, -0.1) is 0 Å². The molecule has 0 saturated carbocycles. The van der Waals surface area contributed by atoms with Gasteiger partial charge in [0.2, 0.25) is 0 Å². The van der Waals surface area contributed by atoms with E-state index in [1.54, 1.807) is 0 Å². The molecule has 9 rings (SSSR count). The summed E-state index contributed by atoms with van der Waals surface area (Å²) in [6.07, 6.45) is 1.81. The van der Waals surface area contributed by atoms with Gasteiger partial charge in [-0.25, -0.2) is 0 Å². The molecule has 1 aliphatic rings. The summed E-state index contributed by atoms with van der Waals surface area (Å²) in [6, 6.07) is 39.9. The van der Waals surface area contributed by atoms with E-state index in [1.807, 2.05) is 97.1 Å². The molecule has 8 bridgehead atoms. The highest BCUT2D eigenvalue weighted by Gasteiger charge is 2.21. The van der Waals surface area contributed by atoms with Crippen LogP contribution in [-0.4, -0.2) is 20.4 Å². The quantitative estimate of drug-likeness (QED) is 0.135. The van der Waals surface area contributed by atoms with Gasteiger partial charge in [0.1, 0.15) is 23.0 Å². The van der Waals surface area contributed by atoms with E-state index in [4.69, 9.17) is 0 Å². The molecule has 48 heavy (non-hydrogen) atoms. The van der Waals surface area contributed by atoms with Crippen molar-refractivity contribution in [1.82, 2.24) is 0 Å². The number of fused-ring (bicyclic) bond motifs is 16. The molecule has 0 unspecified atom stereocenters. The van der Waals surface area contributed by atoms with Crippen LogP contribution in [0.4, 0.5) is 0 Å². The maximum atomic E-state index is 11.7. The van der Waals surface area contributed by atoms with Crippen molar-refractivity contribution in [1.29, 1.82) is 0 Å². The van der Waals surface area contributed by atoms with Crippen LogP contribution in [0.1, 0.15) is 44.5 Å². The number of hydrogen-bond acceptors (Lipinski definition) is 4. The minimum atomic E-state index is 0.196. The van der Waals surface area contributed by atoms with Crippen molar-refractivity contribution in [2.24, 2.45) is 0 Å². The number of phenols is 4. The molecule has 0 aliphatic heterocycles. The predicted octanol–water partition coefficient (Wildman–Crippen LogP) is 9.80. The molecule has 8 aromatic carbocycles. The Morgan fingerprint density at radius 3 is 0.688 bits per heavy atom. The fourth-order valence-corrected chi connectivity index (χ4v) is 7.94. The minimum absolute atomic E-state index is 0.196. The van der Waals surface area contributed by atoms with Gasteiger partial charge in [-0.2, -0.15) is 0 Å². The molecule has 0 heterocycles. The lowest BCUT2D eigenvalue weighted by atomic mass is 9.86. The van der Waals surface area contributed by atoms with Gasteiger partial charge in [-0.1, -0.05) is 121 Å². The molecule has 1 aliphatic carbocycles. The molecule has 0 spiro atoms. The summed E-state index contributed by atoms with van der Waals surface area (Å²) in [4.78, 5) is 0. The Kier molecular flexibility index (Phi) is 6.34. The second-order valence-electron chi connectivity index (χ2n) is 13.1. The van der Waals surface area contributed by atoms with E-state index in [2.05, 4.69) is 24.3 Å². The number of hydrogen-bond donors (Lipinski definition) is 4. The van der Waals surface area contributed by atoms with Crippen LogP contribution in [-0.2, 0) is 25.7 Å². The number of rotatable bonds is 0. The van der Waals surface area contributed by atoms with Crippen molar-refractivity contribution in [3.63, 3.8) is 0 Å². The van der Waals surface area contributed by atoms with Crippen LogP contribution in [0.25, 0.3) is 43.1 Å². The smallest absolute Gasteiger partial charge is 0.126 e.